The Morgan fingerprint density at radius 2 is 1.75 bits per heavy atom. The summed E-state index contributed by atoms with van der Waals surface area (Å²) in [6.45, 7) is 7.75. The van der Waals surface area contributed by atoms with Crippen molar-refractivity contribution in [3.05, 3.63) is 94.8 Å². The van der Waals surface area contributed by atoms with Crippen molar-refractivity contribution in [2.45, 2.75) is 39.9 Å². The first kappa shape index (κ1) is 20.2. The number of carbonyl (C=O) groups excluding carboxylic acids is 1. The van der Waals surface area contributed by atoms with Crippen LogP contribution in [0.25, 0.3) is 0 Å². The van der Waals surface area contributed by atoms with Crippen LogP contribution in [0.4, 0.5) is 0 Å². The van der Waals surface area contributed by atoms with Gasteiger partial charge < -0.3 is 9.47 Å². The second kappa shape index (κ2) is 9.11. The number of aromatic nitrogens is 1. The van der Waals surface area contributed by atoms with E-state index in [9.17, 15) is 4.79 Å². The third-order valence-electron chi connectivity index (χ3n) is 5.24. The molecule has 1 unspecified atom stereocenters. The van der Waals surface area contributed by atoms with Crippen LogP contribution >= 0.6 is 11.6 Å². The Balaban J connectivity index is 1.87. The zero-order valence-corrected chi connectivity index (χ0v) is 17.4. The van der Waals surface area contributed by atoms with Gasteiger partial charge >= 0.3 is 0 Å². The third-order valence-corrected chi connectivity index (χ3v) is 5.48. The van der Waals surface area contributed by atoms with Crippen molar-refractivity contribution in [2.75, 3.05) is 0 Å². The zero-order chi connectivity index (χ0) is 20.1. The molecule has 0 aliphatic heterocycles. The second-order valence-corrected chi connectivity index (χ2v) is 7.98. The molecule has 3 rings (SSSR count). The van der Waals surface area contributed by atoms with Crippen LogP contribution in [0, 0.1) is 5.92 Å². The lowest BCUT2D eigenvalue weighted by molar-refractivity contribution is 0.0622. The molecule has 1 heterocycles. The quantitative estimate of drug-likeness (QED) is 0.491. The molecule has 0 N–H and O–H groups in total. The van der Waals surface area contributed by atoms with Gasteiger partial charge in [0, 0.05) is 35.1 Å². The summed E-state index contributed by atoms with van der Waals surface area (Å²) in [5.74, 6) is 0.358. The van der Waals surface area contributed by atoms with E-state index in [2.05, 4.69) is 49.7 Å². The largest absolute Gasteiger partial charge is 0.345 e. The molecule has 0 aliphatic carbocycles. The molecule has 1 aromatic heterocycles. The Hall–Kier alpha value is -2.52. The number of rotatable bonds is 7. The van der Waals surface area contributed by atoms with Gasteiger partial charge in [-0.25, -0.2) is 0 Å². The molecular formula is C24H27ClN2O. The van der Waals surface area contributed by atoms with E-state index in [-0.39, 0.29) is 11.9 Å². The molecular weight excluding hydrogens is 368 g/mol. The summed E-state index contributed by atoms with van der Waals surface area (Å²) in [6, 6.07) is 21.8. The number of nitrogens with zero attached hydrogens (tertiary/aromatic N) is 2. The standard InChI is InChI=1S/C24H27ClN2O/c1-18(2)19(3)27(24(28)21-11-7-12-22(25)15-21)17-23-13-8-14-26(23)16-20-9-5-4-6-10-20/h4-15,18-19H,16-17H2,1-3H3. The van der Waals surface area contributed by atoms with Gasteiger partial charge in [0.05, 0.1) is 6.54 Å². The molecule has 0 saturated carbocycles. The van der Waals surface area contributed by atoms with Gasteiger partial charge in [-0.3, -0.25) is 4.79 Å². The summed E-state index contributed by atoms with van der Waals surface area (Å²) in [6.07, 6.45) is 2.07. The van der Waals surface area contributed by atoms with Crippen molar-refractivity contribution in [2.24, 2.45) is 5.92 Å². The molecule has 0 fully saturated rings. The molecule has 3 nitrogen and oxygen atoms in total. The highest BCUT2D eigenvalue weighted by atomic mass is 35.5. The number of carbonyl (C=O) groups is 1. The molecule has 146 valence electrons. The lowest BCUT2D eigenvalue weighted by Gasteiger charge is -2.32. The minimum atomic E-state index is 0.0103. The summed E-state index contributed by atoms with van der Waals surface area (Å²) < 4.78 is 2.21. The molecule has 28 heavy (non-hydrogen) atoms. The first-order chi connectivity index (χ1) is 13.5. The lowest BCUT2D eigenvalue weighted by atomic mass is 10.0. The van der Waals surface area contributed by atoms with E-state index in [0.717, 1.165) is 12.2 Å². The SMILES string of the molecule is CC(C)C(C)N(Cc1cccn1Cc1ccccc1)C(=O)c1cccc(Cl)c1. The molecule has 0 bridgehead atoms. The van der Waals surface area contributed by atoms with Crippen LogP contribution in [0.1, 0.15) is 42.4 Å². The van der Waals surface area contributed by atoms with E-state index in [4.69, 9.17) is 11.6 Å². The Morgan fingerprint density at radius 3 is 2.43 bits per heavy atom. The van der Waals surface area contributed by atoms with Gasteiger partial charge in [-0.2, -0.15) is 0 Å². The number of hydrogen-bond acceptors (Lipinski definition) is 1. The highest BCUT2D eigenvalue weighted by molar-refractivity contribution is 6.30. The van der Waals surface area contributed by atoms with E-state index < -0.39 is 0 Å². The third kappa shape index (κ3) is 4.85. The van der Waals surface area contributed by atoms with Crippen molar-refractivity contribution >= 4 is 17.5 Å². The van der Waals surface area contributed by atoms with Crippen molar-refractivity contribution < 1.29 is 4.79 Å². The summed E-state index contributed by atoms with van der Waals surface area (Å²) in [5, 5.41) is 0.579. The molecule has 2 aromatic carbocycles. The topological polar surface area (TPSA) is 25.2 Å². The fourth-order valence-electron chi connectivity index (χ4n) is 3.25. The normalized spacial score (nSPS) is 12.2. The number of benzene rings is 2. The van der Waals surface area contributed by atoms with E-state index in [1.54, 1.807) is 12.1 Å². The Bertz CT molecular complexity index is 917. The molecule has 1 amide bonds. The minimum Gasteiger partial charge on any atom is -0.345 e. The summed E-state index contributed by atoms with van der Waals surface area (Å²) in [5.41, 5.74) is 2.98. The summed E-state index contributed by atoms with van der Waals surface area (Å²) >= 11 is 6.12. The van der Waals surface area contributed by atoms with Crippen LogP contribution in [0.3, 0.4) is 0 Å². The van der Waals surface area contributed by atoms with Crippen LogP contribution in [-0.4, -0.2) is 21.4 Å². The van der Waals surface area contributed by atoms with Gasteiger partial charge in [0.15, 0.2) is 0 Å². The van der Waals surface area contributed by atoms with Gasteiger partial charge in [-0.05, 0) is 48.7 Å². The molecule has 0 aliphatic rings. The van der Waals surface area contributed by atoms with E-state index in [0.29, 0.717) is 23.0 Å². The smallest absolute Gasteiger partial charge is 0.254 e. The lowest BCUT2D eigenvalue weighted by Crippen LogP contribution is -2.41. The fourth-order valence-corrected chi connectivity index (χ4v) is 3.44. The van der Waals surface area contributed by atoms with Crippen LogP contribution in [-0.2, 0) is 13.1 Å². The van der Waals surface area contributed by atoms with Crippen LogP contribution in [0.15, 0.2) is 72.9 Å². The van der Waals surface area contributed by atoms with Gasteiger partial charge in [-0.15, -0.1) is 0 Å². The van der Waals surface area contributed by atoms with Crippen molar-refractivity contribution in [3.8, 4) is 0 Å². The molecule has 0 radical (unpaired) electrons. The van der Waals surface area contributed by atoms with Crippen molar-refractivity contribution in [3.63, 3.8) is 0 Å². The van der Waals surface area contributed by atoms with E-state index in [1.165, 1.54) is 5.56 Å². The molecule has 0 saturated heterocycles. The van der Waals surface area contributed by atoms with E-state index in [1.807, 2.05) is 41.3 Å². The second-order valence-electron chi connectivity index (χ2n) is 7.54. The van der Waals surface area contributed by atoms with Crippen molar-refractivity contribution in [1.29, 1.82) is 0 Å². The predicted octanol–water partition coefficient (Wildman–Crippen LogP) is 5.88. The van der Waals surface area contributed by atoms with Gasteiger partial charge in [0.25, 0.3) is 5.91 Å². The van der Waals surface area contributed by atoms with Gasteiger partial charge in [0.1, 0.15) is 0 Å². The maximum atomic E-state index is 13.3. The highest BCUT2D eigenvalue weighted by Gasteiger charge is 2.25. The minimum absolute atomic E-state index is 0.0103. The van der Waals surface area contributed by atoms with Crippen LogP contribution in [0.2, 0.25) is 5.02 Å². The van der Waals surface area contributed by atoms with Gasteiger partial charge in [0.2, 0.25) is 0 Å². The predicted molar refractivity (Wildman–Crippen MR) is 116 cm³/mol. The van der Waals surface area contributed by atoms with E-state index >= 15 is 0 Å². The fraction of sp³-hybridized carbons (Fsp3) is 0.292. The highest BCUT2D eigenvalue weighted by Crippen LogP contribution is 2.21. The number of amides is 1. The number of hydrogen-bond donors (Lipinski definition) is 0. The first-order valence-electron chi connectivity index (χ1n) is 9.70. The summed E-state index contributed by atoms with van der Waals surface area (Å²) in [7, 11) is 0. The molecule has 1 atom stereocenters. The van der Waals surface area contributed by atoms with Gasteiger partial charge in [-0.1, -0.05) is 61.8 Å². The average Bonchev–Trinajstić information content (AvgIpc) is 3.12. The maximum Gasteiger partial charge on any atom is 0.254 e. The first-order valence-corrected chi connectivity index (χ1v) is 10.1. The Labute approximate surface area is 172 Å². The van der Waals surface area contributed by atoms with Crippen LogP contribution in [0.5, 0.6) is 0 Å². The monoisotopic (exact) mass is 394 g/mol. The van der Waals surface area contributed by atoms with Crippen molar-refractivity contribution in [1.82, 2.24) is 9.47 Å². The summed E-state index contributed by atoms with van der Waals surface area (Å²) in [4.78, 5) is 15.2. The Kier molecular flexibility index (Phi) is 6.58. The molecule has 4 heteroatoms. The Morgan fingerprint density at radius 1 is 1.00 bits per heavy atom. The van der Waals surface area contributed by atoms with Crippen LogP contribution < -0.4 is 0 Å². The molecule has 3 aromatic rings. The zero-order valence-electron chi connectivity index (χ0n) is 16.7. The number of halogens is 1. The average molecular weight is 395 g/mol. The molecule has 0 spiro atoms. The maximum absolute atomic E-state index is 13.3.